The van der Waals surface area contributed by atoms with Crippen LogP contribution in [0.4, 0.5) is 5.13 Å². The van der Waals surface area contributed by atoms with E-state index in [2.05, 4.69) is 34.3 Å². The molecule has 0 aliphatic rings. The number of hydrogen-bond donors (Lipinski definition) is 4. The molecule has 6 heteroatoms. The zero-order valence-electron chi connectivity index (χ0n) is 14.4. The third-order valence-electron chi connectivity index (χ3n) is 4.48. The minimum Gasteiger partial charge on any atom is -0.508 e. The van der Waals surface area contributed by atoms with E-state index < -0.39 is 0 Å². The zero-order chi connectivity index (χ0) is 18.3. The maximum absolute atomic E-state index is 10.4. The number of aromatic nitrogens is 2. The molecule has 0 aliphatic carbocycles. The molecule has 0 fully saturated rings. The predicted octanol–water partition coefficient (Wildman–Crippen LogP) is 4.85. The molecule has 0 aliphatic heterocycles. The summed E-state index contributed by atoms with van der Waals surface area (Å²) in [5.41, 5.74) is 4.87. The molecule has 2 aromatic carbocycles. The van der Waals surface area contributed by atoms with E-state index >= 15 is 0 Å². The molecule has 26 heavy (non-hydrogen) atoms. The summed E-state index contributed by atoms with van der Waals surface area (Å²) < 4.78 is 0. The molecular formula is C20H19N3O2S. The second kappa shape index (κ2) is 6.38. The van der Waals surface area contributed by atoms with E-state index in [1.165, 1.54) is 17.4 Å². The average Bonchev–Trinajstić information content (AvgIpc) is 3.20. The first-order chi connectivity index (χ1) is 12.5. The summed E-state index contributed by atoms with van der Waals surface area (Å²) in [6.07, 6.45) is 1.96. The minimum absolute atomic E-state index is 0.0323. The van der Waals surface area contributed by atoms with Crippen LogP contribution < -0.4 is 5.32 Å². The summed E-state index contributed by atoms with van der Waals surface area (Å²) in [7, 11) is 0. The van der Waals surface area contributed by atoms with Gasteiger partial charge in [-0.3, -0.25) is 0 Å². The number of H-pyrrole nitrogens is 1. The van der Waals surface area contributed by atoms with Crippen LogP contribution in [0, 0.1) is 13.8 Å². The number of benzene rings is 2. The second-order valence-electron chi connectivity index (χ2n) is 6.36. The van der Waals surface area contributed by atoms with Crippen molar-refractivity contribution in [1.82, 2.24) is 9.97 Å². The van der Waals surface area contributed by atoms with Crippen molar-refractivity contribution in [3.05, 3.63) is 70.4 Å². The van der Waals surface area contributed by atoms with E-state index in [9.17, 15) is 10.2 Å². The van der Waals surface area contributed by atoms with Gasteiger partial charge in [0, 0.05) is 39.7 Å². The number of fused-ring (bicyclic) bond motifs is 1. The number of nitrogens with one attached hydrogen (secondary N) is 2. The Balaban J connectivity index is 1.87. The van der Waals surface area contributed by atoms with Crippen molar-refractivity contribution in [3.8, 4) is 11.5 Å². The highest BCUT2D eigenvalue weighted by Gasteiger charge is 2.22. The molecule has 0 saturated carbocycles. The normalized spacial score (nSPS) is 12.4. The van der Waals surface area contributed by atoms with E-state index in [-0.39, 0.29) is 17.5 Å². The third kappa shape index (κ3) is 2.88. The lowest BCUT2D eigenvalue weighted by atomic mass is 9.96. The van der Waals surface area contributed by atoms with Crippen LogP contribution in [0.5, 0.6) is 11.5 Å². The quantitative estimate of drug-likeness (QED) is 0.416. The van der Waals surface area contributed by atoms with Crippen LogP contribution in [-0.2, 0) is 0 Å². The van der Waals surface area contributed by atoms with Gasteiger partial charge in [-0.05, 0) is 31.5 Å². The molecule has 2 aromatic heterocycles. The highest BCUT2D eigenvalue weighted by molar-refractivity contribution is 7.13. The first-order valence-electron chi connectivity index (χ1n) is 8.30. The molecule has 4 N–H and O–H groups in total. The van der Waals surface area contributed by atoms with Gasteiger partial charge in [-0.2, -0.15) is 0 Å². The van der Waals surface area contributed by atoms with Gasteiger partial charge < -0.3 is 20.5 Å². The lowest BCUT2D eigenvalue weighted by molar-refractivity contribution is 0.445. The van der Waals surface area contributed by atoms with Crippen LogP contribution in [0.3, 0.4) is 0 Å². The number of aromatic hydroxyl groups is 2. The van der Waals surface area contributed by atoms with Crippen molar-refractivity contribution >= 4 is 27.4 Å². The Morgan fingerprint density at radius 3 is 2.69 bits per heavy atom. The molecular weight excluding hydrogens is 346 g/mol. The Hall–Kier alpha value is -2.99. The maximum atomic E-state index is 10.4. The summed E-state index contributed by atoms with van der Waals surface area (Å²) in [6, 6.07) is 10.5. The van der Waals surface area contributed by atoms with Gasteiger partial charge in [-0.1, -0.05) is 18.2 Å². The summed E-state index contributed by atoms with van der Waals surface area (Å²) in [5.74, 6) is 0.0719. The summed E-state index contributed by atoms with van der Waals surface area (Å²) >= 11 is 1.52. The van der Waals surface area contributed by atoms with Crippen molar-refractivity contribution in [2.75, 3.05) is 5.32 Å². The molecule has 2 heterocycles. The van der Waals surface area contributed by atoms with Gasteiger partial charge in [0.05, 0.1) is 11.7 Å². The van der Waals surface area contributed by atoms with Crippen molar-refractivity contribution in [2.24, 2.45) is 0 Å². The number of aryl methyl sites for hydroxylation is 2. The zero-order valence-corrected chi connectivity index (χ0v) is 15.3. The van der Waals surface area contributed by atoms with E-state index in [0.29, 0.717) is 5.56 Å². The largest absolute Gasteiger partial charge is 0.508 e. The molecule has 132 valence electrons. The molecule has 1 unspecified atom stereocenters. The first kappa shape index (κ1) is 16.5. The Kier molecular flexibility index (Phi) is 4.05. The first-order valence-corrected chi connectivity index (χ1v) is 9.18. The molecule has 0 amide bonds. The van der Waals surface area contributed by atoms with Crippen LogP contribution in [-0.4, -0.2) is 20.2 Å². The van der Waals surface area contributed by atoms with Gasteiger partial charge in [0.2, 0.25) is 0 Å². The van der Waals surface area contributed by atoms with E-state index in [1.807, 2.05) is 24.6 Å². The van der Waals surface area contributed by atoms with Gasteiger partial charge in [0.25, 0.3) is 0 Å². The Morgan fingerprint density at radius 2 is 1.96 bits per heavy atom. The van der Waals surface area contributed by atoms with Crippen molar-refractivity contribution in [1.29, 1.82) is 0 Å². The smallest absolute Gasteiger partial charge is 0.183 e. The van der Waals surface area contributed by atoms with Gasteiger partial charge in [0.1, 0.15) is 11.5 Å². The van der Waals surface area contributed by atoms with Gasteiger partial charge in [-0.15, -0.1) is 11.3 Å². The number of para-hydroxylation sites is 1. The van der Waals surface area contributed by atoms with Crippen LogP contribution in [0.1, 0.15) is 28.4 Å². The van der Waals surface area contributed by atoms with Crippen LogP contribution in [0.25, 0.3) is 10.9 Å². The molecule has 5 nitrogen and oxygen atoms in total. The molecule has 1 atom stereocenters. The lowest BCUT2D eigenvalue weighted by Gasteiger charge is -2.20. The van der Waals surface area contributed by atoms with Crippen molar-refractivity contribution < 1.29 is 10.2 Å². The third-order valence-corrected chi connectivity index (χ3v) is 5.37. The second-order valence-corrected chi connectivity index (χ2v) is 7.21. The molecule has 4 rings (SSSR count). The summed E-state index contributed by atoms with van der Waals surface area (Å²) in [4.78, 5) is 7.84. The van der Waals surface area contributed by atoms with Gasteiger partial charge in [0.15, 0.2) is 5.13 Å². The number of nitrogens with zero attached hydrogens (tertiary/aromatic N) is 1. The predicted molar refractivity (Wildman–Crippen MR) is 105 cm³/mol. The van der Waals surface area contributed by atoms with Gasteiger partial charge >= 0.3 is 0 Å². The minimum atomic E-state index is -0.309. The Morgan fingerprint density at radius 1 is 1.12 bits per heavy atom. The number of phenolic OH excluding ortho intramolecular Hbond substituents is 2. The van der Waals surface area contributed by atoms with Crippen molar-refractivity contribution in [2.45, 2.75) is 19.9 Å². The van der Waals surface area contributed by atoms with E-state index in [4.69, 9.17) is 0 Å². The average molecular weight is 365 g/mol. The maximum Gasteiger partial charge on any atom is 0.183 e. The number of hydrogen-bond acceptors (Lipinski definition) is 5. The molecule has 0 radical (unpaired) electrons. The van der Waals surface area contributed by atoms with Gasteiger partial charge in [-0.25, -0.2) is 4.98 Å². The lowest BCUT2D eigenvalue weighted by Crippen LogP contribution is -2.12. The fraction of sp³-hybridized carbons (Fsp3) is 0.150. The molecule has 0 saturated heterocycles. The monoisotopic (exact) mass is 365 g/mol. The fourth-order valence-corrected chi connectivity index (χ4v) is 3.93. The standard InChI is InChI=1S/C20H19N3O2S/c1-11-4-3-5-14-16(9-21-18(11)14)19(23-20-22-12(2)10-26-20)15-7-6-13(24)8-17(15)25/h3-10,19,21,24-25H,1-2H3,(H,22,23). The highest BCUT2D eigenvalue weighted by Crippen LogP contribution is 2.38. The Labute approximate surface area is 155 Å². The molecule has 4 aromatic rings. The summed E-state index contributed by atoms with van der Waals surface area (Å²) in [5, 5.41) is 27.4. The van der Waals surface area contributed by atoms with Crippen molar-refractivity contribution in [3.63, 3.8) is 0 Å². The van der Waals surface area contributed by atoms with Crippen LogP contribution in [0.15, 0.2) is 48.0 Å². The fourth-order valence-electron chi connectivity index (χ4n) is 3.21. The number of phenols is 2. The highest BCUT2D eigenvalue weighted by atomic mass is 32.1. The molecule has 0 spiro atoms. The van der Waals surface area contributed by atoms with Crippen LogP contribution >= 0.6 is 11.3 Å². The van der Waals surface area contributed by atoms with E-state index in [0.717, 1.165) is 32.9 Å². The SMILES string of the molecule is Cc1csc(NC(c2ccc(O)cc2O)c2c[nH]c3c(C)cccc23)n1. The summed E-state index contributed by atoms with van der Waals surface area (Å²) in [6.45, 7) is 4.01. The Bertz CT molecular complexity index is 1080. The number of anilines is 1. The van der Waals surface area contributed by atoms with Crippen LogP contribution in [0.2, 0.25) is 0 Å². The molecule has 0 bridgehead atoms. The number of thiazole rings is 1. The number of aromatic amines is 1. The topological polar surface area (TPSA) is 81.2 Å². The number of rotatable bonds is 4. The van der Waals surface area contributed by atoms with E-state index in [1.54, 1.807) is 12.1 Å².